The van der Waals surface area contributed by atoms with Crippen LogP contribution in [0.15, 0.2) is 24.4 Å². The zero-order valence-electron chi connectivity index (χ0n) is 4.86. The Morgan fingerprint density at radius 3 is 2.57 bits per heavy atom. The standard InChI is InChI=1S/C5H11NSi/c1-5(2)3-4-6-7/h3-4,6H,1H2,2,7H3. The van der Waals surface area contributed by atoms with Crippen molar-refractivity contribution in [1.29, 1.82) is 0 Å². The van der Waals surface area contributed by atoms with Crippen LogP contribution in [0.25, 0.3) is 0 Å². The van der Waals surface area contributed by atoms with E-state index in [9.17, 15) is 0 Å². The summed E-state index contributed by atoms with van der Waals surface area (Å²) in [4.78, 5) is 3.00. The van der Waals surface area contributed by atoms with Gasteiger partial charge in [-0.25, -0.2) is 0 Å². The van der Waals surface area contributed by atoms with Crippen molar-refractivity contribution in [3.8, 4) is 0 Å². The maximum Gasteiger partial charge on any atom is 0.103 e. The van der Waals surface area contributed by atoms with Crippen LogP contribution >= 0.6 is 0 Å². The Kier molecular flexibility index (Phi) is 3.41. The second-order valence-corrected chi connectivity index (χ2v) is 2.05. The molecule has 0 aliphatic carbocycles. The molecule has 0 radical (unpaired) electrons. The minimum absolute atomic E-state index is 1.02. The van der Waals surface area contributed by atoms with Gasteiger partial charge in [0, 0.05) is 0 Å². The Hall–Kier alpha value is -0.503. The lowest BCUT2D eigenvalue weighted by molar-refractivity contribution is 1.37. The molecule has 1 N–H and O–H groups in total. The number of hydrogen-bond acceptors (Lipinski definition) is 1. The molecule has 0 spiro atoms. The van der Waals surface area contributed by atoms with Gasteiger partial charge in [-0.2, -0.15) is 0 Å². The van der Waals surface area contributed by atoms with Crippen molar-refractivity contribution in [3.63, 3.8) is 0 Å². The third kappa shape index (κ3) is 5.50. The topological polar surface area (TPSA) is 12.0 Å². The lowest BCUT2D eigenvalue weighted by Crippen LogP contribution is -1.93. The maximum absolute atomic E-state index is 3.68. The molecule has 0 saturated heterocycles. The number of rotatable bonds is 2. The average molecular weight is 113 g/mol. The summed E-state index contributed by atoms with van der Waals surface area (Å²) in [6, 6.07) is 0. The molecule has 0 bridgehead atoms. The van der Waals surface area contributed by atoms with E-state index in [4.69, 9.17) is 0 Å². The molecule has 0 saturated carbocycles. The number of nitrogens with one attached hydrogen (secondary N) is 1. The number of hydrogen-bond donors (Lipinski definition) is 1. The Labute approximate surface area is 47.6 Å². The van der Waals surface area contributed by atoms with Crippen LogP contribution in [0.3, 0.4) is 0 Å². The summed E-state index contributed by atoms with van der Waals surface area (Å²) in [5.74, 6) is 0. The zero-order valence-corrected chi connectivity index (χ0v) is 6.86. The molecule has 0 amide bonds. The van der Waals surface area contributed by atoms with Crippen molar-refractivity contribution < 1.29 is 0 Å². The van der Waals surface area contributed by atoms with E-state index in [1.54, 1.807) is 0 Å². The van der Waals surface area contributed by atoms with Gasteiger partial charge in [-0.1, -0.05) is 12.2 Å². The first-order valence-electron chi connectivity index (χ1n) is 2.26. The fourth-order valence-electron chi connectivity index (χ4n) is 0.226. The van der Waals surface area contributed by atoms with Crippen LogP contribution in [0.2, 0.25) is 0 Å². The molecule has 40 valence electrons. The smallest absolute Gasteiger partial charge is 0.103 e. The van der Waals surface area contributed by atoms with Gasteiger partial charge in [0.2, 0.25) is 0 Å². The largest absolute Gasteiger partial charge is 0.424 e. The van der Waals surface area contributed by atoms with Gasteiger partial charge in [-0.15, -0.1) is 0 Å². The summed E-state index contributed by atoms with van der Waals surface area (Å²) in [7, 11) is 1.02. The van der Waals surface area contributed by atoms with Gasteiger partial charge in [-0.05, 0) is 19.2 Å². The van der Waals surface area contributed by atoms with Crippen LogP contribution in [0.5, 0.6) is 0 Å². The van der Waals surface area contributed by atoms with Crippen molar-refractivity contribution >= 4 is 10.4 Å². The van der Waals surface area contributed by atoms with E-state index in [1.165, 1.54) is 0 Å². The third-order valence-corrected chi connectivity index (χ3v) is 0.868. The predicted octanol–water partition coefficient (Wildman–Crippen LogP) is -0.0538. The van der Waals surface area contributed by atoms with Gasteiger partial charge in [0.25, 0.3) is 0 Å². The second-order valence-electron chi connectivity index (χ2n) is 1.47. The first-order chi connectivity index (χ1) is 3.27. The quantitative estimate of drug-likeness (QED) is 0.391. The molecular weight excluding hydrogens is 102 g/mol. The van der Waals surface area contributed by atoms with Crippen LogP contribution in [-0.4, -0.2) is 10.4 Å². The maximum atomic E-state index is 3.68. The summed E-state index contributed by atoms with van der Waals surface area (Å²) >= 11 is 0. The van der Waals surface area contributed by atoms with E-state index < -0.39 is 0 Å². The van der Waals surface area contributed by atoms with E-state index in [1.807, 2.05) is 19.2 Å². The molecule has 0 aromatic heterocycles. The Bertz CT molecular complexity index is 86.1. The Morgan fingerprint density at radius 2 is 2.43 bits per heavy atom. The Balaban J connectivity index is 3.26. The van der Waals surface area contributed by atoms with E-state index in [0.717, 1.165) is 16.0 Å². The highest BCUT2D eigenvalue weighted by atomic mass is 28.2. The molecule has 0 heterocycles. The van der Waals surface area contributed by atoms with Crippen LogP contribution in [0.1, 0.15) is 6.92 Å². The molecule has 0 aromatic rings. The van der Waals surface area contributed by atoms with E-state index in [2.05, 4.69) is 11.6 Å². The highest BCUT2D eigenvalue weighted by molar-refractivity contribution is 6.05. The Morgan fingerprint density at radius 1 is 1.86 bits per heavy atom. The van der Waals surface area contributed by atoms with Crippen molar-refractivity contribution in [3.05, 3.63) is 24.4 Å². The summed E-state index contributed by atoms with van der Waals surface area (Å²) < 4.78 is 0. The van der Waals surface area contributed by atoms with Crippen LogP contribution in [-0.2, 0) is 0 Å². The molecular formula is C5H11NSi. The van der Waals surface area contributed by atoms with E-state index >= 15 is 0 Å². The normalized spacial score (nSPS) is 9.86. The minimum atomic E-state index is 1.02. The summed E-state index contributed by atoms with van der Waals surface area (Å²) in [6.45, 7) is 5.65. The van der Waals surface area contributed by atoms with Crippen molar-refractivity contribution in [2.24, 2.45) is 0 Å². The lowest BCUT2D eigenvalue weighted by atomic mass is 10.3. The van der Waals surface area contributed by atoms with Gasteiger partial charge in [0.05, 0.1) is 0 Å². The zero-order chi connectivity index (χ0) is 5.70. The highest BCUT2D eigenvalue weighted by Crippen LogP contribution is 1.84. The first kappa shape index (κ1) is 6.50. The van der Waals surface area contributed by atoms with Gasteiger partial charge in [0.1, 0.15) is 10.4 Å². The van der Waals surface area contributed by atoms with E-state index in [-0.39, 0.29) is 0 Å². The van der Waals surface area contributed by atoms with Gasteiger partial charge in [0.15, 0.2) is 0 Å². The first-order valence-corrected chi connectivity index (χ1v) is 3.26. The fourth-order valence-corrected chi connectivity index (χ4v) is 0.392. The van der Waals surface area contributed by atoms with Crippen LogP contribution in [0.4, 0.5) is 0 Å². The third-order valence-electron chi connectivity index (χ3n) is 0.535. The number of allylic oxidation sites excluding steroid dienone is 2. The highest BCUT2D eigenvalue weighted by Gasteiger charge is 1.66. The molecule has 0 fully saturated rings. The summed E-state index contributed by atoms with van der Waals surface area (Å²) in [5.41, 5.74) is 1.09. The van der Waals surface area contributed by atoms with Gasteiger partial charge < -0.3 is 4.98 Å². The SMILES string of the molecule is C=C(C)C=CN[SiH3]. The second kappa shape index (κ2) is 3.68. The fraction of sp³-hybridized carbons (Fsp3) is 0.200. The van der Waals surface area contributed by atoms with Crippen LogP contribution in [0, 0.1) is 0 Å². The molecule has 0 unspecified atom stereocenters. The van der Waals surface area contributed by atoms with Crippen molar-refractivity contribution in [2.75, 3.05) is 0 Å². The molecule has 2 heteroatoms. The monoisotopic (exact) mass is 113 g/mol. The molecule has 7 heavy (non-hydrogen) atoms. The lowest BCUT2D eigenvalue weighted by Gasteiger charge is -1.83. The van der Waals surface area contributed by atoms with Crippen molar-refractivity contribution in [1.82, 2.24) is 4.98 Å². The summed E-state index contributed by atoms with van der Waals surface area (Å²) in [6.07, 6.45) is 3.86. The van der Waals surface area contributed by atoms with Crippen molar-refractivity contribution in [2.45, 2.75) is 6.92 Å². The predicted molar refractivity (Wildman–Crippen MR) is 37.0 cm³/mol. The van der Waals surface area contributed by atoms with Gasteiger partial charge in [-0.3, -0.25) is 0 Å². The minimum Gasteiger partial charge on any atom is -0.424 e. The molecule has 0 aromatic carbocycles. The molecule has 0 atom stereocenters. The van der Waals surface area contributed by atoms with Crippen LogP contribution < -0.4 is 4.98 Å². The molecule has 0 aliphatic heterocycles. The van der Waals surface area contributed by atoms with Gasteiger partial charge >= 0.3 is 0 Å². The molecule has 1 nitrogen and oxygen atoms in total. The van der Waals surface area contributed by atoms with E-state index in [0.29, 0.717) is 0 Å². The molecule has 0 rings (SSSR count). The molecule has 0 aliphatic rings. The summed E-state index contributed by atoms with van der Waals surface area (Å²) in [5, 5.41) is 0. The average Bonchev–Trinajstić information content (AvgIpc) is 1.61.